The van der Waals surface area contributed by atoms with Crippen LogP contribution in [0.5, 0.6) is 0 Å². The zero-order chi connectivity index (χ0) is 19.3. The third kappa shape index (κ3) is 4.48. The summed E-state index contributed by atoms with van der Waals surface area (Å²) in [6, 6.07) is 17.8. The molecular weight excluding hydrogens is 372 g/mol. The van der Waals surface area contributed by atoms with E-state index in [1.807, 2.05) is 54.6 Å². The van der Waals surface area contributed by atoms with Crippen molar-refractivity contribution in [2.24, 2.45) is 4.99 Å². The van der Waals surface area contributed by atoms with Gasteiger partial charge >= 0.3 is 0 Å². The fourth-order valence-corrected chi connectivity index (χ4v) is 4.19. The summed E-state index contributed by atoms with van der Waals surface area (Å²) in [6.07, 6.45) is 1.38. The Labute approximate surface area is 166 Å². The molecule has 0 saturated heterocycles. The smallest absolute Gasteiger partial charge is 0.260 e. The van der Waals surface area contributed by atoms with E-state index >= 15 is 0 Å². The minimum Gasteiger partial charge on any atom is -0.356 e. The highest BCUT2D eigenvalue weighted by molar-refractivity contribution is 8.15. The van der Waals surface area contributed by atoms with Crippen molar-refractivity contribution in [2.75, 3.05) is 6.54 Å². The van der Waals surface area contributed by atoms with Crippen molar-refractivity contribution in [3.05, 3.63) is 66.0 Å². The van der Waals surface area contributed by atoms with Gasteiger partial charge in [0, 0.05) is 13.0 Å². The van der Waals surface area contributed by atoms with Gasteiger partial charge in [0.2, 0.25) is 5.91 Å². The minimum atomic E-state index is -0.448. The van der Waals surface area contributed by atoms with Crippen molar-refractivity contribution in [3.63, 3.8) is 0 Å². The van der Waals surface area contributed by atoms with E-state index < -0.39 is 5.25 Å². The number of aliphatic imine (C=N–C) groups is 1. The Bertz CT molecular complexity index is 996. The van der Waals surface area contributed by atoms with Crippen LogP contribution in [0.15, 0.2) is 59.6 Å². The molecular formula is C21H20N4O2S. The summed E-state index contributed by atoms with van der Waals surface area (Å²) in [7, 11) is 0. The Balaban J connectivity index is 1.26. The van der Waals surface area contributed by atoms with Crippen molar-refractivity contribution < 1.29 is 9.59 Å². The first-order chi connectivity index (χ1) is 13.7. The third-order valence-corrected chi connectivity index (χ3v) is 5.66. The normalized spacial score (nSPS) is 16.4. The standard InChI is InChI=1S/C21H20N4O2S/c26-19(22-11-10-14-6-2-1-3-7-14)12-17-21(27)25-20(28-17)13-18-23-15-8-4-5-9-16(15)24-18/h1-9,17H,10-13H2,(H,22,26)(H,23,24). The lowest BCUT2D eigenvalue weighted by Gasteiger charge is -2.08. The van der Waals surface area contributed by atoms with Crippen LogP contribution in [0.1, 0.15) is 17.8 Å². The number of nitrogens with one attached hydrogen (secondary N) is 2. The maximum Gasteiger partial charge on any atom is 0.260 e. The van der Waals surface area contributed by atoms with Gasteiger partial charge in [-0.25, -0.2) is 9.98 Å². The minimum absolute atomic E-state index is 0.123. The van der Waals surface area contributed by atoms with Crippen LogP contribution >= 0.6 is 11.8 Å². The van der Waals surface area contributed by atoms with E-state index in [1.54, 1.807) is 0 Å². The van der Waals surface area contributed by atoms with E-state index in [0.717, 1.165) is 23.3 Å². The second-order valence-electron chi connectivity index (χ2n) is 6.62. The molecule has 0 aliphatic carbocycles. The Morgan fingerprint density at radius 1 is 1.11 bits per heavy atom. The van der Waals surface area contributed by atoms with Crippen molar-refractivity contribution in [2.45, 2.75) is 24.5 Å². The summed E-state index contributed by atoms with van der Waals surface area (Å²) in [5.41, 5.74) is 3.02. The average molecular weight is 392 g/mol. The summed E-state index contributed by atoms with van der Waals surface area (Å²) < 4.78 is 0. The van der Waals surface area contributed by atoms with Gasteiger partial charge < -0.3 is 10.3 Å². The molecule has 2 heterocycles. The number of para-hydroxylation sites is 2. The number of amides is 2. The molecule has 1 aliphatic heterocycles. The molecule has 2 amide bonds. The zero-order valence-electron chi connectivity index (χ0n) is 15.2. The molecule has 0 fully saturated rings. The highest BCUT2D eigenvalue weighted by atomic mass is 32.2. The Hall–Kier alpha value is -2.93. The Morgan fingerprint density at radius 3 is 2.71 bits per heavy atom. The number of fused-ring (bicyclic) bond motifs is 1. The molecule has 28 heavy (non-hydrogen) atoms. The quantitative estimate of drug-likeness (QED) is 0.647. The van der Waals surface area contributed by atoms with E-state index in [-0.39, 0.29) is 18.2 Å². The monoisotopic (exact) mass is 392 g/mol. The van der Waals surface area contributed by atoms with Gasteiger partial charge in [0.15, 0.2) is 0 Å². The number of nitrogens with zero attached hydrogens (tertiary/aromatic N) is 2. The summed E-state index contributed by atoms with van der Waals surface area (Å²) in [5.74, 6) is 0.407. The van der Waals surface area contributed by atoms with E-state index in [2.05, 4.69) is 20.3 Å². The summed E-state index contributed by atoms with van der Waals surface area (Å²) in [6.45, 7) is 0.557. The lowest BCUT2D eigenvalue weighted by atomic mass is 10.1. The molecule has 0 saturated carbocycles. The SMILES string of the molecule is O=C(CC1SC(Cc2nc3ccccc3[nH]2)=NC1=O)NCCc1ccccc1. The number of benzene rings is 2. The van der Waals surface area contributed by atoms with E-state index in [4.69, 9.17) is 0 Å². The molecule has 1 unspecified atom stereocenters. The largest absolute Gasteiger partial charge is 0.356 e. The van der Waals surface area contributed by atoms with Gasteiger partial charge in [0.25, 0.3) is 5.91 Å². The molecule has 6 nitrogen and oxygen atoms in total. The van der Waals surface area contributed by atoms with Gasteiger partial charge in [-0.2, -0.15) is 0 Å². The molecule has 7 heteroatoms. The number of aromatic nitrogens is 2. The number of hydrogen-bond donors (Lipinski definition) is 2. The fraction of sp³-hybridized carbons (Fsp3) is 0.238. The maximum absolute atomic E-state index is 12.2. The number of hydrogen-bond acceptors (Lipinski definition) is 4. The van der Waals surface area contributed by atoms with Crippen molar-refractivity contribution >= 4 is 39.7 Å². The molecule has 2 N–H and O–H groups in total. The van der Waals surface area contributed by atoms with E-state index in [1.165, 1.54) is 17.3 Å². The number of rotatable bonds is 7. The predicted molar refractivity (Wildman–Crippen MR) is 111 cm³/mol. The van der Waals surface area contributed by atoms with Gasteiger partial charge in [0.05, 0.1) is 22.5 Å². The summed E-state index contributed by atoms with van der Waals surface area (Å²) in [4.78, 5) is 36.2. The van der Waals surface area contributed by atoms with Gasteiger partial charge in [-0.1, -0.05) is 54.2 Å². The molecule has 0 bridgehead atoms. The lowest BCUT2D eigenvalue weighted by Crippen LogP contribution is -2.29. The number of carbonyl (C=O) groups excluding carboxylic acids is 2. The summed E-state index contributed by atoms with van der Waals surface area (Å²) in [5, 5.41) is 3.14. The molecule has 142 valence electrons. The Kier molecular flexibility index (Phi) is 5.53. The molecule has 4 rings (SSSR count). The van der Waals surface area contributed by atoms with Crippen molar-refractivity contribution in [1.29, 1.82) is 0 Å². The van der Waals surface area contributed by atoms with Gasteiger partial charge in [0.1, 0.15) is 11.1 Å². The molecule has 1 atom stereocenters. The second kappa shape index (κ2) is 8.39. The van der Waals surface area contributed by atoms with Gasteiger partial charge in [-0.05, 0) is 24.1 Å². The first kappa shape index (κ1) is 18.4. The first-order valence-electron chi connectivity index (χ1n) is 9.20. The number of thioether (sulfide) groups is 1. The van der Waals surface area contributed by atoms with E-state index in [9.17, 15) is 9.59 Å². The van der Waals surface area contributed by atoms with Crippen LogP contribution in [0.2, 0.25) is 0 Å². The highest BCUT2D eigenvalue weighted by Gasteiger charge is 2.30. The number of carbonyl (C=O) groups is 2. The molecule has 1 aromatic heterocycles. The van der Waals surface area contributed by atoms with Crippen LogP contribution in [0.25, 0.3) is 11.0 Å². The van der Waals surface area contributed by atoms with E-state index in [0.29, 0.717) is 18.0 Å². The average Bonchev–Trinajstić information content (AvgIpc) is 3.25. The molecule has 0 radical (unpaired) electrons. The van der Waals surface area contributed by atoms with Gasteiger partial charge in [-0.3, -0.25) is 9.59 Å². The predicted octanol–water partition coefficient (Wildman–Crippen LogP) is 2.89. The van der Waals surface area contributed by atoms with Crippen LogP contribution in [0.3, 0.4) is 0 Å². The van der Waals surface area contributed by atoms with Crippen LogP contribution in [-0.2, 0) is 22.4 Å². The molecule has 3 aromatic rings. The molecule has 1 aliphatic rings. The first-order valence-corrected chi connectivity index (χ1v) is 10.1. The topological polar surface area (TPSA) is 87.2 Å². The summed E-state index contributed by atoms with van der Waals surface area (Å²) >= 11 is 1.36. The molecule has 2 aromatic carbocycles. The van der Waals surface area contributed by atoms with Gasteiger partial charge in [-0.15, -0.1) is 0 Å². The molecule has 0 spiro atoms. The highest BCUT2D eigenvalue weighted by Crippen LogP contribution is 2.27. The fourth-order valence-electron chi connectivity index (χ4n) is 3.11. The Morgan fingerprint density at radius 2 is 1.89 bits per heavy atom. The van der Waals surface area contributed by atoms with Crippen molar-refractivity contribution in [1.82, 2.24) is 15.3 Å². The van der Waals surface area contributed by atoms with Crippen LogP contribution < -0.4 is 5.32 Å². The van der Waals surface area contributed by atoms with Crippen LogP contribution in [0.4, 0.5) is 0 Å². The number of imidazole rings is 1. The lowest BCUT2D eigenvalue weighted by molar-refractivity contribution is -0.124. The van der Waals surface area contributed by atoms with Crippen LogP contribution in [-0.4, -0.2) is 38.6 Å². The zero-order valence-corrected chi connectivity index (χ0v) is 16.0. The maximum atomic E-state index is 12.2. The third-order valence-electron chi connectivity index (χ3n) is 4.50. The van der Waals surface area contributed by atoms with Crippen LogP contribution in [0, 0.1) is 0 Å². The number of H-pyrrole nitrogens is 1. The second-order valence-corrected chi connectivity index (χ2v) is 7.89. The number of aromatic amines is 1. The van der Waals surface area contributed by atoms with Crippen molar-refractivity contribution in [3.8, 4) is 0 Å².